The van der Waals surface area contributed by atoms with Gasteiger partial charge in [-0.05, 0) is 24.3 Å². The van der Waals surface area contributed by atoms with Gasteiger partial charge in [-0.25, -0.2) is 21.9 Å². The Morgan fingerprint density at radius 2 is 1.90 bits per heavy atom. The summed E-state index contributed by atoms with van der Waals surface area (Å²) in [4.78, 5) is 13.9. The summed E-state index contributed by atoms with van der Waals surface area (Å²) in [6, 6.07) is 8.69. The van der Waals surface area contributed by atoms with E-state index in [0.717, 1.165) is 31.1 Å². The second kappa shape index (κ2) is 8.75. The monoisotopic (exact) mass is 426 g/mol. The van der Waals surface area contributed by atoms with Gasteiger partial charge in [0.15, 0.2) is 0 Å². The third-order valence-electron chi connectivity index (χ3n) is 4.25. The molecule has 156 valence electrons. The number of carbonyl (C=O) groups excluding carboxylic acids is 1. The summed E-state index contributed by atoms with van der Waals surface area (Å²) >= 11 is 0. The molecule has 0 spiro atoms. The number of hydrogen-bond donors (Lipinski definition) is 1. The van der Waals surface area contributed by atoms with Gasteiger partial charge in [0.25, 0.3) is 5.91 Å². The maximum absolute atomic E-state index is 14.3. The zero-order valence-corrected chi connectivity index (χ0v) is 16.5. The van der Waals surface area contributed by atoms with Crippen molar-refractivity contribution in [3.63, 3.8) is 0 Å². The van der Waals surface area contributed by atoms with Gasteiger partial charge in [0.05, 0.1) is 25.0 Å². The zero-order chi connectivity index (χ0) is 21.0. The van der Waals surface area contributed by atoms with Gasteiger partial charge in [0.2, 0.25) is 10.0 Å². The van der Waals surface area contributed by atoms with Crippen molar-refractivity contribution in [2.45, 2.75) is 6.61 Å². The zero-order valence-electron chi connectivity index (χ0n) is 15.7. The number of hydrogen-bond acceptors (Lipinski definition) is 6. The molecule has 0 bridgehead atoms. The van der Waals surface area contributed by atoms with Crippen molar-refractivity contribution in [1.82, 2.24) is 4.72 Å². The van der Waals surface area contributed by atoms with Crippen molar-refractivity contribution >= 4 is 21.6 Å². The lowest BCUT2D eigenvalue weighted by molar-refractivity contribution is 0.0977. The summed E-state index contributed by atoms with van der Waals surface area (Å²) in [5.41, 5.74) is 0.131. The summed E-state index contributed by atoms with van der Waals surface area (Å²) in [6.45, 7) is 2.51. The van der Waals surface area contributed by atoms with E-state index in [1.807, 2.05) is 6.07 Å². The summed E-state index contributed by atoms with van der Waals surface area (Å²) in [5, 5.41) is 0. The van der Waals surface area contributed by atoms with E-state index >= 15 is 0 Å². The van der Waals surface area contributed by atoms with Crippen molar-refractivity contribution in [1.29, 1.82) is 0 Å². The molecule has 0 atom stereocenters. The number of nitrogens with zero attached hydrogens (tertiary/aromatic N) is 1. The number of nitrogens with one attached hydrogen (secondary N) is 1. The third-order valence-corrected chi connectivity index (χ3v) is 4.80. The number of morpholine rings is 1. The smallest absolute Gasteiger partial charge is 0.267 e. The fraction of sp³-hybridized carbons (Fsp3) is 0.316. The number of sulfonamides is 1. The van der Waals surface area contributed by atoms with Gasteiger partial charge in [-0.1, -0.05) is 6.07 Å². The molecule has 1 N–H and O–H groups in total. The van der Waals surface area contributed by atoms with Crippen LogP contribution in [0.15, 0.2) is 36.4 Å². The van der Waals surface area contributed by atoms with E-state index < -0.39 is 33.1 Å². The standard InChI is InChI=1S/C19H20F2N2O5S/c1-29(25,26)22-19(24)16-11-17(20)13(9-18(16)21)12-28-15-4-2-3-14(10-15)23-5-7-27-8-6-23/h2-4,9-11H,5-8,12H2,1H3,(H,22,24). The maximum Gasteiger partial charge on any atom is 0.267 e. The molecule has 1 fully saturated rings. The van der Waals surface area contributed by atoms with Gasteiger partial charge in [-0.3, -0.25) is 4.79 Å². The van der Waals surface area contributed by atoms with E-state index in [9.17, 15) is 22.0 Å². The second-order valence-electron chi connectivity index (χ2n) is 6.51. The fourth-order valence-corrected chi connectivity index (χ4v) is 3.30. The maximum atomic E-state index is 14.3. The largest absolute Gasteiger partial charge is 0.489 e. The molecule has 0 saturated carbocycles. The lowest BCUT2D eigenvalue weighted by atomic mass is 10.1. The van der Waals surface area contributed by atoms with Crippen molar-refractivity contribution < 1.29 is 31.5 Å². The molecule has 1 heterocycles. The molecule has 10 heteroatoms. The molecule has 2 aromatic carbocycles. The minimum atomic E-state index is -3.90. The topological polar surface area (TPSA) is 84.9 Å². The number of ether oxygens (including phenoxy) is 2. The van der Waals surface area contributed by atoms with Crippen LogP contribution in [0.5, 0.6) is 5.75 Å². The summed E-state index contributed by atoms with van der Waals surface area (Å²) < 4.78 is 63.2. The minimum Gasteiger partial charge on any atom is -0.489 e. The molecule has 1 aliphatic rings. The highest BCUT2D eigenvalue weighted by Crippen LogP contribution is 2.24. The van der Waals surface area contributed by atoms with Crippen molar-refractivity contribution in [3.05, 3.63) is 59.2 Å². The van der Waals surface area contributed by atoms with Crippen molar-refractivity contribution in [2.75, 3.05) is 37.5 Å². The van der Waals surface area contributed by atoms with Crippen LogP contribution in [0.3, 0.4) is 0 Å². The molecular formula is C19H20F2N2O5S. The molecule has 0 aromatic heterocycles. The van der Waals surface area contributed by atoms with E-state index in [-0.39, 0.29) is 12.2 Å². The van der Waals surface area contributed by atoms with Crippen LogP contribution in [0.25, 0.3) is 0 Å². The van der Waals surface area contributed by atoms with E-state index in [0.29, 0.717) is 25.0 Å². The summed E-state index contributed by atoms with van der Waals surface area (Å²) in [5.74, 6) is -2.69. The van der Waals surface area contributed by atoms with Crippen molar-refractivity contribution in [3.8, 4) is 5.75 Å². The Labute approximate surface area is 167 Å². The Kier molecular flexibility index (Phi) is 6.33. The molecule has 1 saturated heterocycles. The average Bonchev–Trinajstić information content (AvgIpc) is 2.68. The molecule has 2 aromatic rings. The molecule has 1 aliphatic heterocycles. The molecule has 0 aliphatic carbocycles. The molecular weight excluding hydrogens is 406 g/mol. The second-order valence-corrected chi connectivity index (χ2v) is 8.26. The van der Waals surface area contributed by atoms with E-state index in [1.54, 1.807) is 22.9 Å². The summed E-state index contributed by atoms with van der Waals surface area (Å²) in [7, 11) is -3.90. The van der Waals surface area contributed by atoms with Gasteiger partial charge in [-0.2, -0.15) is 0 Å². The molecule has 3 rings (SSSR count). The average molecular weight is 426 g/mol. The highest BCUT2D eigenvalue weighted by Gasteiger charge is 2.19. The molecule has 0 radical (unpaired) electrons. The molecule has 1 amide bonds. The fourth-order valence-electron chi connectivity index (χ4n) is 2.85. The minimum absolute atomic E-state index is 0.102. The molecule has 29 heavy (non-hydrogen) atoms. The number of carbonyl (C=O) groups is 1. The van der Waals surface area contributed by atoms with Crippen LogP contribution in [-0.4, -0.2) is 46.9 Å². The van der Waals surface area contributed by atoms with Crippen LogP contribution < -0.4 is 14.4 Å². The Hall–Kier alpha value is -2.72. The number of benzene rings is 2. The van der Waals surface area contributed by atoms with Gasteiger partial charge >= 0.3 is 0 Å². The number of anilines is 1. The van der Waals surface area contributed by atoms with Gasteiger partial charge in [-0.15, -0.1) is 0 Å². The first-order valence-electron chi connectivity index (χ1n) is 8.78. The third kappa shape index (κ3) is 5.64. The predicted molar refractivity (Wildman–Crippen MR) is 102 cm³/mol. The quantitative estimate of drug-likeness (QED) is 0.761. The normalized spacial score (nSPS) is 14.5. The van der Waals surface area contributed by atoms with Gasteiger partial charge < -0.3 is 14.4 Å². The van der Waals surface area contributed by atoms with Crippen LogP contribution in [0, 0.1) is 11.6 Å². The van der Waals surface area contributed by atoms with E-state index in [2.05, 4.69) is 4.90 Å². The lowest BCUT2D eigenvalue weighted by Crippen LogP contribution is -2.36. The van der Waals surface area contributed by atoms with Crippen LogP contribution in [0.2, 0.25) is 0 Å². The van der Waals surface area contributed by atoms with E-state index in [1.165, 1.54) is 0 Å². The van der Waals surface area contributed by atoms with Crippen molar-refractivity contribution in [2.24, 2.45) is 0 Å². The number of rotatable bonds is 6. The SMILES string of the molecule is CS(=O)(=O)NC(=O)c1cc(F)c(COc2cccc(N3CCOCC3)c2)cc1F. The van der Waals surface area contributed by atoms with Crippen LogP contribution >= 0.6 is 0 Å². The van der Waals surface area contributed by atoms with E-state index in [4.69, 9.17) is 9.47 Å². The highest BCUT2D eigenvalue weighted by molar-refractivity contribution is 7.89. The number of halogens is 2. The Balaban J connectivity index is 1.71. The van der Waals surface area contributed by atoms with Gasteiger partial charge in [0.1, 0.15) is 24.0 Å². The summed E-state index contributed by atoms with van der Waals surface area (Å²) in [6.07, 6.45) is 0.742. The van der Waals surface area contributed by atoms with Crippen LogP contribution in [0.4, 0.5) is 14.5 Å². The predicted octanol–water partition coefficient (Wildman–Crippen LogP) is 2.07. The Morgan fingerprint density at radius 1 is 1.17 bits per heavy atom. The Morgan fingerprint density at radius 3 is 2.59 bits per heavy atom. The lowest BCUT2D eigenvalue weighted by Gasteiger charge is -2.29. The number of amides is 1. The first kappa shape index (κ1) is 21.0. The first-order valence-corrected chi connectivity index (χ1v) is 10.7. The van der Waals surface area contributed by atoms with Crippen LogP contribution in [0.1, 0.15) is 15.9 Å². The van der Waals surface area contributed by atoms with Gasteiger partial charge in [0, 0.05) is 30.4 Å². The molecule has 0 unspecified atom stereocenters. The highest BCUT2D eigenvalue weighted by atomic mass is 32.2. The van der Waals surface area contributed by atoms with Crippen LogP contribution in [-0.2, 0) is 21.4 Å². The molecule has 7 nitrogen and oxygen atoms in total. The Bertz CT molecular complexity index is 1010. The first-order chi connectivity index (χ1) is 13.7.